The van der Waals surface area contributed by atoms with Gasteiger partial charge in [-0.05, 0) is 39.5 Å². The van der Waals surface area contributed by atoms with Crippen molar-refractivity contribution in [2.45, 2.75) is 204 Å². The SMILES string of the molecule is CC(N)CCCCCCCCC(=O)CCCCCCCCCCCCCCC(OC1OC(CO)C(O)C(O)C1O)C(C)N. The lowest BCUT2D eigenvalue weighted by molar-refractivity contribution is -0.312. The maximum absolute atomic E-state index is 12.1. The quantitative estimate of drug-likeness (QED) is 0.0661. The van der Waals surface area contributed by atoms with Gasteiger partial charge in [0.1, 0.15) is 30.2 Å². The first-order valence-electron chi connectivity index (χ1n) is 17.7. The van der Waals surface area contributed by atoms with Crippen LogP contribution >= 0.6 is 0 Å². The third-order valence-corrected chi connectivity index (χ3v) is 8.80. The molecule has 1 heterocycles. The number of carbonyl (C=O) groups is 1. The van der Waals surface area contributed by atoms with Crippen molar-refractivity contribution in [1.82, 2.24) is 0 Å². The fourth-order valence-electron chi connectivity index (χ4n) is 5.86. The lowest BCUT2D eigenvalue weighted by atomic mass is 9.98. The number of rotatable bonds is 28. The number of Topliss-reactive ketones (excluding diaryl/α,β-unsaturated/α-hetero) is 1. The van der Waals surface area contributed by atoms with E-state index in [2.05, 4.69) is 6.92 Å². The molecule has 0 aliphatic carbocycles. The Morgan fingerprint density at radius 3 is 1.49 bits per heavy atom. The van der Waals surface area contributed by atoms with Crippen molar-refractivity contribution in [2.24, 2.45) is 11.5 Å². The van der Waals surface area contributed by atoms with Gasteiger partial charge in [0, 0.05) is 24.9 Å². The number of ketones is 1. The van der Waals surface area contributed by atoms with Crippen LogP contribution in [0.25, 0.3) is 0 Å². The zero-order valence-electron chi connectivity index (χ0n) is 27.6. The smallest absolute Gasteiger partial charge is 0.187 e. The van der Waals surface area contributed by atoms with E-state index in [1.165, 1.54) is 83.5 Å². The number of aliphatic hydroxyl groups is 4. The van der Waals surface area contributed by atoms with Crippen LogP contribution in [0.15, 0.2) is 0 Å². The van der Waals surface area contributed by atoms with Gasteiger partial charge in [0.2, 0.25) is 0 Å². The summed E-state index contributed by atoms with van der Waals surface area (Å²) in [6, 6.07) is 0.0362. The van der Waals surface area contributed by atoms with Crippen molar-refractivity contribution >= 4 is 5.78 Å². The second-order valence-corrected chi connectivity index (χ2v) is 13.2. The highest BCUT2D eigenvalue weighted by Crippen LogP contribution is 2.25. The number of ether oxygens (including phenoxy) is 2. The van der Waals surface area contributed by atoms with Crippen molar-refractivity contribution in [3.8, 4) is 0 Å². The van der Waals surface area contributed by atoms with Crippen LogP contribution in [0, 0.1) is 0 Å². The molecule has 0 saturated carbocycles. The molecule has 1 rings (SSSR count). The summed E-state index contributed by atoms with van der Waals surface area (Å²) in [4.78, 5) is 12.1. The van der Waals surface area contributed by atoms with Gasteiger partial charge in [0.15, 0.2) is 6.29 Å². The number of hydrogen-bond acceptors (Lipinski definition) is 9. The zero-order chi connectivity index (χ0) is 31.9. The Morgan fingerprint density at radius 1 is 0.651 bits per heavy atom. The van der Waals surface area contributed by atoms with E-state index in [-0.39, 0.29) is 12.1 Å². The van der Waals surface area contributed by atoms with E-state index in [0.29, 0.717) is 18.2 Å². The molecule has 8 atom stereocenters. The highest BCUT2D eigenvalue weighted by Gasteiger charge is 2.45. The van der Waals surface area contributed by atoms with Gasteiger partial charge in [-0.25, -0.2) is 0 Å². The molecule has 1 fully saturated rings. The average molecular weight is 617 g/mol. The van der Waals surface area contributed by atoms with Crippen molar-refractivity contribution in [3.63, 3.8) is 0 Å². The number of carbonyl (C=O) groups excluding carboxylic acids is 1. The molecule has 0 amide bonds. The highest BCUT2D eigenvalue weighted by molar-refractivity contribution is 5.78. The first-order chi connectivity index (χ1) is 20.7. The van der Waals surface area contributed by atoms with Gasteiger partial charge in [0.05, 0.1) is 12.7 Å². The Bertz CT molecular complexity index is 665. The molecule has 0 radical (unpaired) electrons. The maximum atomic E-state index is 12.1. The molecule has 8 unspecified atom stereocenters. The normalized spacial score (nSPS) is 24.6. The Morgan fingerprint density at radius 2 is 1.07 bits per heavy atom. The van der Waals surface area contributed by atoms with Gasteiger partial charge in [-0.1, -0.05) is 103 Å². The van der Waals surface area contributed by atoms with E-state index >= 15 is 0 Å². The van der Waals surface area contributed by atoms with E-state index in [0.717, 1.165) is 51.4 Å². The molecule has 0 aromatic heterocycles. The van der Waals surface area contributed by atoms with Crippen molar-refractivity contribution in [1.29, 1.82) is 0 Å². The molecule has 1 aliphatic rings. The van der Waals surface area contributed by atoms with Crippen LogP contribution < -0.4 is 11.5 Å². The molecule has 1 saturated heterocycles. The van der Waals surface area contributed by atoms with Gasteiger partial charge in [0.25, 0.3) is 0 Å². The molecule has 0 bridgehead atoms. The van der Waals surface area contributed by atoms with Gasteiger partial charge >= 0.3 is 0 Å². The highest BCUT2D eigenvalue weighted by atomic mass is 16.7. The Kier molecular flexibility index (Phi) is 24.0. The molecule has 0 aromatic carbocycles. The van der Waals surface area contributed by atoms with E-state index in [4.69, 9.17) is 20.9 Å². The Balaban J connectivity index is 1.93. The second-order valence-electron chi connectivity index (χ2n) is 13.2. The molecular weight excluding hydrogens is 548 g/mol. The summed E-state index contributed by atoms with van der Waals surface area (Å²) in [5.74, 6) is 0.450. The van der Waals surface area contributed by atoms with Crippen LogP contribution in [0.5, 0.6) is 0 Å². The van der Waals surface area contributed by atoms with Crippen LogP contribution in [0.1, 0.15) is 155 Å². The number of hydrogen-bond donors (Lipinski definition) is 6. The summed E-state index contributed by atoms with van der Waals surface area (Å²) in [5.41, 5.74) is 11.9. The number of unbranched alkanes of at least 4 members (excludes halogenated alkanes) is 16. The van der Waals surface area contributed by atoms with Crippen LogP contribution in [0.4, 0.5) is 0 Å². The van der Waals surface area contributed by atoms with Gasteiger partial charge in [-0.3, -0.25) is 4.79 Å². The third kappa shape index (κ3) is 19.5. The molecule has 0 aromatic rings. The predicted octanol–water partition coefficient (Wildman–Crippen LogP) is 5.02. The minimum atomic E-state index is -1.45. The summed E-state index contributed by atoms with van der Waals surface area (Å²) in [6.07, 6.45) is 18.1. The van der Waals surface area contributed by atoms with Crippen LogP contribution in [-0.2, 0) is 14.3 Å². The molecule has 43 heavy (non-hydrogen) atoms. The first kappa shape index (κ1) is 40.4. The molecule has 256 valence electrons. The topological polar surface area (TPSA) is 168 Å². The van der Waals surface area contributed by atoms with E-state index in [9.17, 15) is 25.2 Å². The van der Waals surface area contributed by atoms with E-state index in [1.54, 1.807) is 0 Å². The molecule has 9 nitrogen and oxygen atoms in total. The fraction of sp³-hybridized carbons (Fsp3) is 0.971. The average Bonchev–Trinajstić information content (AvgIpc) is 2.97. The Labute approximate surface area is 262 Å². The van der Waals surface area contributed by atoms with Crippen LogP contribution in [-0.4, -0.2) is 81.7 Å². The van der Waals surface area contributed by atoms with Gasteiger partial charge in [-0.15, -0.1) is 0 Å². The molecular formula is C34H68N2O7. The minimum Gasteiger partial charge on any atom is -0.394 e. The van der Waals surface area contributed by atoms with Crippen molar-refractivity contribution < 1.29 is 34.7 Å². The van der Waals surface area contributed by atoms with E-state index < -0.39 is 37.3 Å². The van der Waals surface area contributed by atoms with Gasteiger partial charge in [-0.2, -0.15) is 0 Å². The van der Waals surface area contributed by atoms with Gasteiger partial charge < -0.3 is 41.4 Å². The molecule has 1 aliphatic heterocycles. The first-order valence-corrected chi connectivity index (χ1v) is 17.7. The molecule has 0 spiro atoms. The molecule has 8 N–H and O–H groups in total. The van der Waals surface area contributed by atoms with E-state index in [1.807, 2.05) is 6.92 Å². The van der Waals surface area contributed by atoms with Crippen LogP contribution in [0.2, 0.25) is 0 Å². The fourth-order valence-corrected chi connectivity index (χ4v) is 5.86. The maximum Gasteiger partial charge on any atom is 0.187 e. The predicted molar refractivity (Wildman–Crippen MR) is 173 cm³/mol. The summed E-state index contributed by atoms with van der Waals surface area (Å²) in [7, 11) is 0. The van der Waals surface area contributed by atoms with Crippen molar-refractivity contribution in [3.05, 3.63) is 0 Å². The second kappa shape index (κ2) is 25.5. The largest absolute Gasteiger partial charge is 0.394 e. The van der Waals surface area contributed by atoms with Crippen LogP contribution in [0.3, 0.4) is 0 Å². The number of nitrogens with two attached hydrogens (primary N) is 2. The minimum absolute atomic E-state index is 0.283. The lowest BCUT2D eigenvalue weighted by Crippen LogP contribution is -2.60. The lowest BCUT2D eigenvalue weighted by Gasteiger charge is -2.41. The zero-order valence-corrected chi connectivity index (χ0v) is 27.6. The number of aliphatic hydroxyl groups excluding tert-OH is 4. The monoisotopic (exact) mass is 617 g/mol. The summed E-state index contributed by atoms with van der Waals surface area (Å²) < 4.78 is 11.3. The van der Waals surface area contributed by atoms with Crippen molar-refractivity contribution in [2.75, 3.05) is 6.61 Å². The standard InChI is InChI=1S/C34H68N2O7/c1-26(35)21-17-13-11-12-15-19-23-28(38)22-18-14-9-7-5-3-4-6-8-10-16-20-24-29(27(2)36)42-34-33(41)32(40)31(39)30(25-37)43-34/h26-27,29-34,37,39-41H,3-25,35-36H2,1-2H3. The Hall–Kier alpha value is -0.650. The summed E-state index contributed by atoms with van der Waals surface area (Å²) in [6.45, 7) is 3.43. The third-order valence-electron chi connectivity index (χ3n) is 8.80. The summed E-state index contributed by atoms with van der Waals surface area (Å²) >= 11 is 0. The molecule has 9 heteroatoms. The summed E-state index contributed by atoms with van der Waals surface area (Å²) in [5, 5.41) is 39.5.